The number of hydrogen-bond acceptors (Lipinski definition) is 4. The molecule has 3 N–H and O–H groups in total. The van der Waals surface area contributed by atoms with Crippen LogP contribution in [0.15, 0.2) is 45.5 Å². The lowest BCUT2D eigenvalue weighted by atomic mass is 10.2. The predicted octanol–water partition coefficient (Wildman–Crippen LogP) is 4.06. The maximum Gasteiger partial charge on any atom is 0.215 e. The van der Waals surface area contributed by atoms with Gasteiger partial charge in [-0.15, -0.1) is 0 Å². The number of pyridine rings is 1. The number of anilines is 3. The molecular weight excluding hydrogens is 313 g/mol. The Morgan fingerprint density at radius 1 is 1.32 bits per heavy atom. The van der Waals surface area contributed by atoms with Gasteiger partial charge in [0.2, 0.25) is 5.88 Å². The van der Waals surface area contributed by atoms with Crippen LogP contribution in [0.2, 0.25) is 0 Å². The van der Waals surface area contributed by atoms with Crippen LogP contribution in [0.25, 0.3) is 11.0 Å². The van der Waals surface area contributed by atoms with Gasteiger partial charge in [-0.25, -0.2) is 4.39 Å². The number of halogens is 2. The monoisotopic (exact) mass is 321 g/mol. The molecular formula is C13H9BrFN3O. The summed E-state index contributed by atoms with van der Waals surface area (Å²) in [7, 11) is 0. The lowest BCUT2D eigenvalue weighted by Gasteiger charge is -2.07. The topological polar surface area (TPSA) is 64.1 Å². The Morgan fingerprint density at radius 3 is 2.95 bits per heavy atom. The Kier molecular flexibility index (Phi) is 2.87. The van der Waals surface area contributed by atoms with E-state index in [-0.39, 0.29) is 11.7 Å². The van der Waals surface area contributed by atoms with Crippen molar-refractivity contribution < 1.29 is 8.81 Å². The fourth-order valence-electron chi connectivity index (χ4n) is 1.82. The molecule has 96 valence electrons. The molecule has 0 aliphatic rings. The highest BCUT2D eigenvalue weighted by molar-refractivity contribution is 9.10. The summed E-state index contributed by atoms with van der Waals surface area (Å²) in [5.74, 6) is -0.0501. The van der Waals surface area contributed by atoms with Crippen molar-refractivity contribution in [3.05, 3.63) is 46.9 Å². The molecule has 3 rings (SSSR count). The van der Waals surface area contributed by atoms with Gasteiger partial charge >= 0.3 is 0 Å². The Morgan fingerprint density at radius 2 is 2.16 bits per heavy atom. The summed E-state index contributed by atoms with van der Waals surface area (Å²) in [6, 6.07) is 6.17. The Labute approximate surface area is 116 Å². The lowest BCUT2D eigenvalue weighted by molar-refractivity contribution is 0.627. The standard InChI is InChI=1S/C13H9BrFN3O/c14-9-5-7(15)1-2-10(9)18-12-8-3-4-17-6-11(8)19-13(12)16/h1-6,18H,16H2. The van der Waals surface area contributed by atoms with Gasteiger partial charge in [0.15, 0.2) is 5.58 Å². The van der Waals surface area contributed by atoms with Crippen LogP contribution >= 0.6 is 15.9 Å². The van der Waals surface area contributed by atoms with E-state index in [2.05, 4.69) is 26.2 Å². The molecule has 19 heavy (non-hydrogen) atoms. The van der Waals surface area contributed by atoms with E-state index in [4.69, 9.17) is 10.2 Å². The number of benzene rings is 1. The zero-order valence-electron chi connectivity index (χ0n) is 9.65. The summed E-state index contributed by atoms with van der Waals surface area (Å²) in [6.45, 7) is 0. The fourth-order valence-corrected chi connectivity index (χ4v) is 2.27. The number of rotatable bonds is 2. The zero-order chi connectivity index (χ0) is 13.4. The maximum atomic E-state index is 13.0. The van der Waals surface area contributed by atoms with Gasteiger partial charge in [0.05, 0.1) is 11.9 Å². The van der Waals surface area contributed by atoms with Crippen molar-refractivity contribution in [2.75, 3.05) is 11.1 Å². The molecule has 0 saturated heterocycles. The van der Waals surface area contributed by atoms with Gasteiger partial charge < -0.3 is 15.5 Å². The van der Waals surface area contributed by atoms with Gasteiger partial charge in [-0.05, 0) is 40.2 Å². The van der Waals surface area contributed by atoms with Crippen LogP contribution in [0, 0.1) is 5.82 Å². The number of aromatic nitrogens is 1. The molecule has 0 aliphatic carbocycles. The van der Waals surface area contributed by atoms with E-state index in [9.17, 15) is 4.39 Å². The summed E-state index contributed by atoms with van der Waals surface area (Å²) < 4.78 is 19.1. The molecule has 0 amide bonds. The summed E-state index contributed by atoms with van der Waals surface area (Å²) in [5, 5.41) is 3.95. The quantitative estimate of drug-likeness (QED) is 0.747. The molecule has 1 aromatic carbocycles. The molecule has 0 atom stereocenters. The molecule has 0 bridgehead atoms. The van der Waals surface area contributed by atoms with Crippen molar-refractivity contribution in [2.24, 2.45) is 0 Å². The van der Waals surface area contributed by atoms with E-state index in [0.717, 1.165) is 5.39 Å². The number of nitrogens with one attached hydrogen (secondary N) is 1. The molecule has 0 unspecified atom stereocenters. The van der Waals surface area contributed by atoms with Gasteiger partial charge in [-0.3, -0.25) is 4.98 Å². The highest BCUT2D eigenvalue weighted by Gasteiger charge is 2.13. The van der Waals surface area contributed by atoms with Crippen molar-refractivity contribution in [3.8, 4) is 0 Å². The van der Waals surface area contributed by atoms with Gasteiger partial charge in [0, 0.05) is 16.1 Å². The molecule has 0 saturated carbocycles. The first kappa shape index (κ1) is 12.0. The van der Waals surface area contributed by atoms with Crippen molar-refractivity contribution in [1.29, 1.82) is 0 Å². The molecule has 0 fully saturated rings. The van der Waals surface area contributed by atoms with E-state index in [1.807, 2.05) is 0 Å². The highest BCUT2D eigenvalue weighted by Crippen LogP contribution is 2.36. The number of nitrogens with two attached hydrogens (primary N) is 1. The van der Waals surface area contributed by atoms with Gasteiger partial charge in [-0.1, -0.05) is 0 Å². The van der Waals surface area contributed by atoms with Crippen LogP contribution in [0.5, 0.6) is 0 Å². The molecule has 0 aliphatic heterocycles. The molecule has 2 aromatic heterocycles. The van der Waals surface area contributed by atoms with Crippen LogP contribution in [-0.4, -0.2) is 4.98 Å². The summed E-state index contributed by atoms with van der Waals surface area (Å²) in [5.41, 5.74) is 7.78. The van der Waals surface area contributed by atoms with Crippen LogP contribution in [0.4, 0.5) is 21.6 Å². The second-order valence-electron chi connectivity index (χ2n) is 3.96. The number of nitrogens with zero attached hydrogens (tertiary/aromatic N) is 1. The van der Waals surface area contributed by atoms with Gasteiger partial charge in [0.25, 0.3) is 0 Å². The zero-order valence-corrected chi connectivity index (χ0v) is 11.2. The molecule has 4 nitrogen and oxygen atoms in total. The predicted molar refractivity (Wildman–Crippen MR) is 75.8 cm³/mol. The van der Waals surface area contributed by atoms with Crippen molar-refractivity contribution in [1.82, 2.24) is 4.98 Å². The van der Waals surface area contributed by atoms with E-state index in [0.29, 0.717) is 21.4 Å². The summed E-state index contributed by atoms with van der Waals surface area (Å²) >= 11 is 3.30. The van der Waals surface area contributed by atoms with E-state index >= 15 is 0 Å². The Hall–Kier alpha value is -2.08. The largest absolute Gasteiger partial charge is 0.437 e. The van der Waals surface area contributed by atoms with Gasteiger partial charge in [0.1, 0.15) is 11.5 Å². The maximum absolute atomic E-state index is 13.0. The number of nitrogen functional groups attached to an aromatic ring is 1. The SMILES string of the molecule is Nc1oc2cnccc2c1Nc1ccc(F)cc1Br. The number of furan rings is 1. The fraction of sp³-hybridized carbons (Fsp3) is 0. The smallest absolute Gasteiger partial charge is 0.215 e. The first-order valence-corrected chi connectivity index (χ1v) is 6.28. The Balaban J connectivity index is 2.08. The third-order valence-electron chi connectivity index (χ3n) is 2.71. The third kappa shape index (κ3) is 2.15. The van der Waals surface area contributed by atoms with Crippen LogP contribution < -0.4 is 11.1 Å². The molecule has 0 radical (unpaired) electrons. The minimum Gasteiger partial charge on any atom is -0.437 e. The first-order chi connectivity index (χ1) is 9.15. The first-order valence-electron chi connectivity index (χ1n) is 5.49. The van der Waals surface area contributed by atoms with Crippen molar-refractivity contribution in [3.63, 3.8) is 0 Å². The van der Waals surface area contributed by atoms with E-state index in [1.165, 1.54) is 12.1 Å². The average Bonchev–Trinajstić information content (AvgIpc) is 2.69. The minimum absolute atomic E-state index is 0.263. The van der Waals surface area contributed by atoms with Gasteiger partial charge in [-0.2, -0.15) is 0 Å². The molecule has 2 heterocycles. The second kappa shape index (κ2) is 4.55. The van der Waals surface area contributed by atoms with Crippen molar-refractivity contribution in [2.45, 2.75) is 0 Å². The molecule has 3 aromatic rings. The Bertz CT molecular complexity index is 757. The van der Waals surface area contributed by atoms with Crippen molar-refractivity contribution >= 4 is 44.2 Å². The van der Waals surface area contributed by atoms with E-state index < -0.39 is 0 Å². The summed E-state index contributed by atoms with van der Waals surface area (Å²) in [6.07, 6.45) is 3.25. The molecule has 0 spiro atoms. The normalized spacial score (nSPS) is 10.8. The second-order valence-corrected chi connectivity index (χ2v) is 4.82. The summed E-state index contributed by atoms with van der Waals surface area (Å²) in [4.78, 5) is 3.97. The average molecular weight is 322 g/mol. The number of hydrogen-bond donors (Lipinski definition) is 2. The van der Waals surface area contributed by atoms with Crippen LogP contribution in [0.1, 0.15) is 0 Å². The minimum atomic E-state index is -0.313. The third-order valence-corrected chi connectivity index (χ3v) is 3.37. The molecule has 6 heteroatoms. The van der Waals surface area contributed by atoms with Crippen LogP contribution in [0.3, 0.4) is 0 Å². The van der Waals surface area contributed by atoms with E-state index in [1.54, 1.807) is 24.5 Å². The highest BCUT2D eigenvalue weighted by atomic mass is 79.9. The lowest BCUT2D eigenvalue weighted by Crippen LogP contribution is -1.94. The number of fused-ring (bicyclic) bond motifs is 1. The van der Waals surface area contributed by atoms with Crippen LogP contribution in [-0.2, 0) is 0 Å².